The van der Waals surface area contributed by atoms with Crippen molar-refractivity contribution in [2.75, 3.05) is 13.2 Å². The van der Waals surface area contributed by atoms with Gasteiger partial charge in [0.2, 0.25) is 0 Å². The van der Waals surface area contributed by atoms with E-state index in [0.29, 0.717) is 0 Å². The summed E-state index contributed by atoms with van der Waals surface area (Å²) in [6.45, 7) is 3.81. The molecule has 18 heavy (non-hydrogen) atoms. The molecule has 102 valence electrons. The normalized spacial score (nSPS) is 26.5. The molecular formula is C11H16O7. The van der Waals surface area contributed by atoms with Crippen molar-refractivity contribution in [1.82, 2.24) is 0 Å². The fourth-order valence-electron chi connectivity index (χ4n) is 1.65. The van der Waals surface area contributed by atoms with Crippen LogP contribution >= 0.6 is 0 Å². The molecule has 1 aliphatic rings. The molecule has 7 nitrogen and oxygen atoms in total. The molecule has 1 fully saturated rings. The van der Waals surface area contributed by atoms with Crippen LogP contribution in [0, 0.1) is 0 Å². The molecule has 7 heteroatoms. The van der Waals surface area contributed by atoms with Gasteiger partial charge in [0, 0.05) is 20.8 Å². The minimum absolute atomic E-state index is 0.0506. The predicted octanol–water partition coefficient (Wildman–Crippen LogP) is -0.188. The Kier molecular flexibility index (Phi) is 5.08. The fraction of sp³-hybridized carbons (Fsp3) is 0.727. The largest absolute Gasteiger partial charge is 0.463 e. The van der Waals surface area contributed by atoms with E-state index in [1.807, 2.05) is 0 Å². The second-order valence-electron chi connectivity index (χ2n) is 3.90. The minimum Gasteiger partial charge on any atom is -0.463 e. The van der Waals surface area contributed by atoms with Gasteiger partial charge in [0.25, 0.3) is 0 Å². The third kappa shape index (κ3) is 4.33. The summed E-state index contributed by atoms with van der Waals surface area (Å²) in [5.41, 5.74) is 0. The van der Waals surface area contributed by atoms with Gasteiger partial charge < -0.3 is 18.9 Å². The molecule has 0 amide bonds. The van der Waals surface area contributed by atoms with Crippen LogP contribution in [-0.4, -0.2) is 49.4 Å². The van der Waals surface area contributed by atoms with E-state index in [4.69, 9.17) is 18.9 Å². The highest BCUT2D eigenvalue weighted by molar-refractivity contribution is 5.67. The van der Waals surface area contributed by atoms with E-state index in [1.165, 1.54) is 20.8 Å². The van der Waals surface area contributed by atoms with Gasteiger partial charge in [0.1, 0.15) is 12.7 Å². The molecule has 0 aliphatic carbocycles. The Bertz CT molecular complexity index is 338. The van der Waals surface area contributed by atoms with Crippen molar-refractivity contribution in [1.29, 1.82) is 0 Å². The smallest absolute Gasteiger partial charge is 0.303 e. The standard InChI is InChI=1S/C11H16O7/c1-6(12)15-4-9-11(18-8(3)14)10(5-16-9)17-7(2)13/h9-11H,4-5H2,1-3H3/t9-,10+,11-/m1/s1. The number of carbonyl (C=O) groups excluding carboxylic acids is 3. The number of ether oxygens (including phenoxy) is 4. The van der Waals surface area contributed by atoms with Gasteiger partial charge in [-0.3, -0.25) is 14.4 Å². The Morgan fingerprint density at radius 3 is 2.17 bits per heavy atom. The van der Waals surface area contributed by atoms with Gasteiger partial charge in [0.15, 0.2) is 12.2 Å². The van der Waals surface area contributed by atoms with E-state index in [9.17, 15) is 14.4 Å². The van der Waals surface area contributed by atoms with Crippen LogP contribution < -0.4 is 0 Å². The Labute approximate surface area is 104 Å². The van der Waals surface area contributed by atoms with E-state index in [-0.39, 0.29) is 13.2 Å². The average Bonchev–Trinajstić information content (AvgIpc) is 2.57. The first-order valence-corrected chi connectivity index (χ1v) is 5.49. The summed E-state index contributed by atoms with van der Waals surface area (Å²) in [6, 6.07) is 0. The molecule has 0 aromatic heterocycles. The van der Waals surface area contributed by atoms with Gasteiger partial charge in [0.05, 0.1) is 6.61 Å². The maximum atomic E-state index is 11.0. The van der Waals surface area contributed by atoms with Gasteiger partial charge in [-0.05, 0) is 0 Å². The number of esters is 3. The van der Waals surface area contributed by atoms with Gasteiger partial charge in [-0.25, -0.2) is 0 Å². The Hall–Kier alpha value is -1.63. The second-order valence-corrected chi connectivity index (χ2v) is 3.90. The molecule has 0 aromatic rings. The van der Waals surface area contributed by atoms with Crippen molar-refractivity contribution in [3.05, 3.63) is 0 Å². The lowest BCUT2D eigenvalue weighted by molar-refractivity contribution is -0.165. The molecule has 0 aromatic carbocycles. The lowest BCUT2D eigenvalue weighted by atomic mass is 10.1. The first kappa shape index (κ1) is 14.4. The van der Waals surface area contributed by atoms with E-state index >= 15 is 0 Å². The maximum Gasteiger partial charge on any atom is 0.303 e. The Morgan fingerprint density at radius 2 is 1.67 bits per heavy atom. The van der Waals surface area contributed by atoms with Crippen molar-refractivity contribution in [3.63, 3.8) is 0 Å². The van der Waals surface area contributed by atoms with Gasteiger partial charge in [-0.15, -0.1) is 0 Å². The van der Waals surface area contributed by atoms with Crippen LogP contribution in [0.25, 0.3) is 0 Å². The van der Waals surface area contributed by atoms with Crippen molar-refractivity contribution < 1.29 is 33.3 Å². The molecule has 0 saturated carbocycles. The van der Waals surface area contributed by atoms with Crippen LogP contribution in [-0.2, 0) is 33.3 Å². The maximum absolute atomic E-state index is 11.0. The summed E-state index contributed by atoms with van der Waals surface area (Å²) < 4.78 is 20.1. The van der Waals surface area contributed by atoms with Crippen molar-refractivity contribution in [3.8, 4) is 0 Å². The van der Waals surface area contributed by atoms with E-state index in [0.717, 1.165) is 0 Å². The highest BCUT2D eigenvalue weighted by Crippen LogP contribution is 2.21. The fourth-order valence-corrected chi connectivity index (χ4v) is 1.65. The molecule has 1 rings (SSSR count). The molecule has 0 unspecified atom stereocenters. The summed E-state index contributed by atoms with van der Waals surface area (Å²) in [5, 5.41) is 0. The third-order valence-corrected chi connectivity index (χ3v) is 2.28. The van der Waals surface area contributed by atoms with E-state index in [2.05, 4.69) is 0 Å². The van der Waals surface area contributed by atoms with Gasteiger partial charge >= 0.3 is 17.9 Å². The molecule has 0 spiro atoms. The Morgan fingerprint density at radius 1 is 1.06 bits per heavy atom. The predicted molar refractivity (Wildman–Crippen MR) is 57.5 cm³/mol. The zero-order chi connectivity index (χ0) is 13.7. The van der Waals surface area contributed by atoms with Gasteiger partial charge in [-0.1, -0.05) is 0 Å². The first-order valence-electron chi connectivity index (χ1n) is 5.49. The number of carbonyl (C=O) groups is 3. The van der Waals surface area contributed by atoms with Crippen molar-refractivity contribution in [2.24, 2.45) is 0 Å². The van der Waals surface area contributed by atoms with Crippen molar-refractivity contribution >= 4 is 17.9 Å². The molecule has 0 radical (unpaired) electrons. The van der Waals surface area contributed by atoms with E-state index in [1.54, 1.807) is 0 Å². The lowest BCUT2D eigenvalue weighted by Crippen LogP contribution is -2.39. The van der Waals surface area contributed by atoms with Crippen molar-refractivity contribution in [2.45, 2.75) is 39.1 Å². The molecule has 0 N–H and O–H groups in total. The molecule has 1 saturated heterocycles. The summed E-state index contributed by atoms with van der Waals surface area (Å²) in [4.78, 5) is 32.6. The highest BCUT2D eigenvalue weighted by atomic mass is 16.6. The zero-order valence-corrected chi connectivity index (χ0v) is 10.5. The number of hydrogen-bond donors (Lipinski definition) is 0. The topological polar surface area (TPSA) is 88.1 Å². The minimum atomic E-state index is -0.759. The van der Waals surface area contributed by atoms with Crippen LogP contribution in [0.1, 0.15) is 20.8 Å². The van der Waals surface area contributed by atoms with Crippen LogP contribution in [0.4, 0.5) is 0 Å². The zero-order valence-electron chi connectivity index (χ0n) is 10.5. The summed E-state index contributed by atoms with van der Waals surface area (Å²) in [6.07, 6.45) is -2.06. The summed E-state index contributed by atoms with van der Waals surface area (Å²) in [7, 11) is 0. The van der Waals surface area contributed by atoms with Crippen LogP contribution in [0.5, 0.6) is 0 Å². The molecule has 0 bridgehead atoms. The van der Waals surface area contributed by atoms with Crippen LogP contribution in [0.2, 0.25) is 0 Å². The SMILES string of the molecule is CC(=O)OC[C@H]1OC[C@H](OC(C)=O)[C@@H]1OC(C)=O. The Balaban J connectivity index is 2.63. The quantitative estimate of drug-likeness (QED) is 0.511. The van der Waals surface area contributed by atoms with Crippen LogP contribution in [0.15, 0.2) is 0 Å². The second kappa shape index (κ2) is 6.34. The molecule has 1 aliphatic heterocycles. The van der Waals surface area contributed by atoms with E-state index < -0.39 is 36.2 Å². The monoisotopic (exact) mass is 260 g/mol. The lowest BCUT2D eigenvalue weighted by Gasteiger charge is -2.21. The van der Waals surface area contributed by atoms with Crippen LogP contribution in [0.3, 0.4) is 0 Å². The average molecular weight is 260 g/mol. The number of hydrogen-bond acceptors (Lipinski definition) is 7. The number of rotatable bonds is 4. The molecule has 3 atom stereocenters. The summed E-state index contributed by atoms with van der Waals surface area (Å²) in [5.74, 6) is -1.47. The molecule has 1 heterocycles. The highest BCUT2D eigenvalue weighted by Gasteiger charge is 2.42. The third-order valence-electron chi connectivity index (χ3n) is 2.28. The van der Waals surface area contributed by atoms with Gasteiger partial charge in [-0.2, -0.15) is 0 Å². The first-order chi connectivity index (χ1) is 8.40. The molecular weight excluding hydrogens is 244 g/mol. The summed E-state index contributed by atoms with van der Waals surface area (Å²) >= 11 is 0.